The Morgan fingerprint density at radius 2 is 1.91 bits per heavy atom. The minimum Gasteiger partial charge on any atom is -0.493 e. The number of benzene rings is 2. The van der Waals surface area contributed by atoms with Crippen molar-refractivity contribution in [1.29, 1.82) is 0 Å². The van der Waals surface area contributed by atoms with Crippen LogP contribution in [0, 0.1) is 6.92 Å². The largest absolute Gasteiger partial charge is 0.493 e. The standard InChI is InChI=1S/C26H30N4O2/c1-5-23-27-16(2)21(28-23)15-30-14-13-18-17-9-6-7-11-20(17)29-24(18)25(30)19-10-8-12-22(31-3)26(19)32-4/h6-12,25,29H,5,13-15H2,1-4H3,(H,27,28). The molecule has 1 aliphatic heterocycles. The van der Waals surface area contributed by atoms with Gasteiger partial charge in [0.05, 0.1) is 26.0 Å². The van der Waals surface area contributed by atoms with E-state index in [2.05, 4.69) is 59.0 Å². The van der Waals surface area contributed by atoms with E-state index in [1.807, 2.05) is 12.1 Å². The number of fused-ring (bicyclic) bond motifs is 3. The highest BCUT2D eigenvalue weighted by Gasteiger charge is 2.34. The number of hydrogen-bond donors (Lipinski definition) is 2. The normalized spacial score (nSPS) is 16.3. The minimum absolute atomic E-state index is 0.0115. The summed E-state index contributed by atoms with van der Waals surface area (Å²) < 4.78 is 11.5. The van der Waals surface area contributed by atoms with Gasteiger partial charge in [-0.25, -0.2) is 4.98 Å². The van der Waals surface area contributed by atoms with Crippen LogP contribution < -0.4 is 9.47 Å². The van der Waals surface area contributed by atoms with Crippen molar-refractivity contribution < 1.29 is 9.47 Å². The van der Waals surface area contributed by atoms with Gasteiger partial charge < -0.3 is 19.4 Å². The molecule has 1 aliphatic rings. The fourth-order valence-corrected chi connectivity index (χ4v) is 5.02. The Labute approximate surface area is 188 Å². The van der Waals surface area contributed by atoms with E-state index in [0.717, 1.165) is 60.2 Å². The Morgan fingerprint density at radius 1 is 1.06 bits per heavy atom. The highest BCUT2D eigenvalue weighted by Crippen LogP contribution is 2.44. The van der Waals surface area contributed by atoms with Crippen LogP contribution in [0.3, 0.4) is 0 Å². The first-order valence-electron chi connectivity index (χ1n) is 11.2. The van der Waals surface area contributed by atoms with Crippen LogP contribution in [0.4, 0.5) is 0 Å². The lowest BCUT2D eigenvalue weighted by Gasteiger charge is -2.36. The average molecular weight is 431 g/mol. The van der Waals surface area contributed by atoms with Gasteiger partial charge in [0.2, 0.25) is 0 Å². The Morgan fingerprint density at radius 3 is 2.66 bits per heavy atom. The maximum absolute atomic E-state index is 5.87. The molecule has 0 bridgehead atoms. The van der Waals surface area contributed by atoms with Crippen molar-refractivity contribution in [2.75, 3.05) is 20.8 Å². The zero-order valence-electron chi connectivity index (χ0n) is 19.2. The number of rotatable bonds is 6. The van der Waals surface area contributed by atoms with Gasteiger partial charge in [0.1, 0.15) is 5.82 Å². The third-order valence-corrected chi connectivity index (χ3v) is 6.58. The topological polar surface area (TPSA) is 66.2 Å². The van der Waals surface area contributed by atoms with Crippen molar-refractivity contribution in [3.63, 3.8) is 0 Å². The predicted molar refractivity (Wildman–Crippen MR) is 127 cm³/mol. The summed E-state index contributed by atoms with van der Waals surface area (Å²) in [7, 11) is 3.40. The second-order valence-electron chi connectivity index (χ2n) is 8.38. The first-order chi connectivity index (χ1) is 15.6. The van der Waals surface area contributed by atoms with E-state index in [1.165, 1.54) is 22.2 Å². The number of ether oxygens (including phenoxy) is 2. The molecule has 6 heteroatoms. The van der Waals surface area contributed by atoms with Crippen LogP contribution in [0.2, 0.25) is 0 Å². The van der Waals surface area contributed by atoms with Gasteiger partial charge in [0.25, 0.3) is 0 Å². The molecule has 5 rings (SSSR count). The van der Waals surface area contributed by atoms with Crippen LogP contribution in [-0.4, -0.2) is 40.6 Å². The summed E-state index contributed by atoms with van der Waals surface area (Å²) in [6.07, 6.45) is 1.90. The lowest BCUT2D eigenvalue weighted by molar-refractivity contribution is 0.195. The van der Waals surface area contributed by atoms with Crippen LogP contribution in [0.1, 0.15) is 47.0 Å². The highest BCUT2D eigenvalue weighted by molar-refractivity contribution is 5.85. The first-order valence-corrected chi connectivity index (χ1v) is 11.2. The Hall–Kier alpha value is -3.25. The van der Waals surface area contributed by atoms with Crippen molar-refractivity contribution >= 4 is 10.9 Å². The molecule has 0 spiro atoms. The molecule has 2 aromatic heterocycles. The fraction of sp³-hybridized carbons (Fsp3) is 0.346. The van der Waals surface area contributed by atoms with Gasteiger partial charge in [-0.2, -0.15) is 0 Å². The van der Waals surface area contributed by atoms with E-state index in [9.17, 15) is 0 Å². The summed E-state index contributed by atoms with van der Waals surface area (Å²) in [6.45, 7) is 5.94. The molecule has 0 radical (unpaired) electrons. The van der Waals surface area contributed by atoms with E-state index in [-0.39, 0.29) is 6.04 Å². The van der Waals surface area contributed by atoms with Gasteiger partial charge in [0, 0.05) is 47.4 Å². The van der Waals surface area contributed by atoms with Gasteiger partial charge in [-0.1, -0.05) is 37.3 Å². The van der Waals surface area contributed by atoms with E-state index in [0.29, 0.717) is 0 Å². The monoisotopic (exact) mass is 430 g/mol. The van der Waals surface area contributed by atoms with E-state index < -0.39 is 0 Å². The summed E-state index contributed by atoms with van der Waals surface area (Å²) in [5.74, 6) is 2.57. The third-order valence-electron chi connectivity index (χ3n) is 6.58. The Kier molecular flexibility index (Phi) is 5.39. The molecule has 2 aromatic carbocycles. The maximum atomic E-state index is 5.87. The zero-order valence-corrected chi connectivity index (χ0v) is 19.2. The first kappa shape index (κ1) is 20.6. The smallest absolute Gasteiger partial charge is 0.165 e. The number of aromatic amines is 2. The van der Waals surface area contributed by atoms with Crippen LogP contribution in [0.15, 0.2) is 42.5 Å². The summed E-state index contributed by atoms with van der Waals surface area (Å²) in [4.78, 5) is 14.5. The molecule has 0 fully saturated rings. The molecule has 0 amide bonds. The minimum atomic E-state index is 0.0115. The van der Waals surface area contributed by atoms with Gasteiger partial charge in [-0.3, -0.25) is 4.90 Å². The summed E-state index contributed by atoms with van der Waals surface area (Å²) >= 11 is 0. The van der Waals surface area contributed by atoms with Gasteiger partial charge in [0.15, 0.2) is 11.5 Å². The van der Waals surface area contributed by atoms with Gasteiger partial charge in [-0.15, -0.1) is 0 Å². The predicted octanol–water partition coefficient (Wildman–Crippen LogP) is 4.93. The van der Waals surface area contributed by atoms with Crippen molar-refractivity contribution in [2.24, 2.45) is 0 Å². The van der Waals surface area contributed by atoms with E-state index in [4.69, 9.17) is 14.5 Å². The number of hydrogen-bond acceptors (Lipinski definition) is 4. The molecule has 6 nitrogen and oxygen atoms in total. The molecular formula is C26H30N4O2. The van der Waals surface area contributed by atoms with Crippen LogP contribution in [0.5, 0.6) is 11.5 Å². The van der Waals surface area contributed by atoms with Crippen LogP contribution >= 0.6 is 0 Å². The van der Waals surface area contributed by atoms with Crippen LogP contribution in [0.25, 0.3) is 10.9 Å². The SMILES string of the molecule is CCc1nc(CN2CCc3c([nH]c4ccccc34)C2c2cccc(OC)c2OC)c(C)[nH]1. The molecule has 166 valence electrons. The van der Waals surface area contributed by atoms with Crippen LogP contribution in [-0.2, 0) is 19.4 Å². The molecule has 2 N–H and O–H groups in total. The summed E-state index contributed by atoms with van der Waals surface area (Å²) in [5.41, 5.74) is 7.14. The van der Waals surface area contributed by atoms with Crippen molar-refractivity contribution in [3.8, 4) is 11.5 Å². The number of nitrogens with zero attached hydrogens (tertiary/aromatic N) is 2. The number of para-hydroxylation sites is 2. The molecular weight excluding hydrogens is 400 g/mol. The number of methoxy groups -OCH3 is 2. The second kappa shape index (κ2) is 8.36. The fourth-order valence-electron chi connectivity index (χ4n) is 5.02. The van der Waals surface area contributed by atoms with E-state index >= 15 is 0 Å². The van der Waals surface area contributed by atoms with E-state index in [1.54, 1.807) is 14.2 Å². The quantitative estimate of drug-likeness (QED) is 0.455. The van der Waals surface area contributed by atoms with Crippen molar-refractivity contribution in [1.82, 2.24) is 19.9 Å². The molecule has 3 heterocycles. The molecule has 1 unspecified atom stereocenters. The lowest BCUT2D eigenvalue weighted by atomic mass is 9.91. The third kappa shape index (κ3) is 3.35. The number of nitrogens with one attached hydrogen (secondary N) is 2. The molecule has 4 aromatic rings. The molecule has 0 saturated heterocycles. The average Bonchev–Trinajstić information content (AvgIpc) is 3.38. The number of H-pyrrole nitrogens is 2. The lowest BCUT2D eigenvalue weighted by Crippen LogP contribution is -2.36. The Bertz CT molecular complexity index is 1260. The van der Waals surface area contributed by atoms with Gasteiger partial charge >= 0.3 is 0 Å². The van der Waals surface area contributed by atoms with Crippen molar-refractivity contribution in [2.45, 2.75) is 39.3 Å². The Balaban J connectivity index is 1.66. The molecule has 32 heavy (non-hydrogen) atoms. The summed E-state index contributed by atoms with van der Waals surface area (Å²) in [5, 5.41) is 1.30. The zero-order chi connectivity index (χ0) is 22.2. The maximum Gasteiger partial charge on any atom is 0.165 e. The van der Waals surface area contributed by atoms with Gasteiger partial charge in [-0.05, 0) is 31.0 Å². The summed E-state index contributed by atoms with van der Waals surface area (Å²) in [6, 6.07) is 14.7. The molecule has 0 saturated carbocycles. The second-order valence-corrected chi connectivity index (χ2v) is 8.38. The number of imidazole rings is 1. The highest BCUT2D eigenvalue weighted by atomic mass is 16.5. The number of aromatic nitrogens is 3. The number of aryl methyl sites for hydroxylation is 2. The van der Waals surface area contributed by atoms with Crippen molar-refractivity contribution in [3.05, 3.63) is 76.5 Å². The molecule has 1 atom stereocenters. The molecule has 0 aliphatic carbocycles.